The Morgan fingerprint density at radius 3 is 2.21 bits per heavy atom. The number of nitrogens with zero attached hydrogens (tertiary/aromatic N) is 2. The van der Waals surface area contributed by atoms with Crippen molar-refractivity contribution in [1.82, 2.24) is 14.5 Å². The lowest BCUT2D eigenvalue weighted by Gasteiger charge is -2.31. The van der Waals surface area contributed by atoms with E-state index in [1.165, 1.54) is 57.7 Å². The summed E-state index contributed by atoms with van der Waals surface area (Å²) >= 11 is 0. The summed E-state index contributed by atoms with van der Waals surface area (Å²) in [5.74, 6) is -1.62. The number of carbonyl (C=O) groups excluding carboxylic acids is 1. The number of piperidine rings is 1. The van der Waals surface area contributed by atoms with Crippen molar-refractivity contribution in [3.63, 3.8) is 0 Å². The van der Waals surface area contributed by atoms with E-state index in [0.29, 0.717) is 43.7 Å². The molecular formula is C32H41F2N5O7S2. The van der Waals surface area contributed by atoms with Gasteiger partial charge in [0.05, 0.1) is 29.5 Å². The number of hydrogen-bond acceptors (Lipinski definition) is 8. The highest BCUT2D eigenvalue weighted by Gasteiger charge is 2.30. The third-order valence-electron chi connectivity index (χ3n) is 8.06. The van der Waals surface area contributed by atoms with Gasteiger partial charge in [-0.1, -0.05) is 12.1 Å². The van der Waals surface area contributed by atoms with Crippen molar-refractivity contribution in [2.45, 2.75) is 50.3 Å². The van der Waals surface area contributed by atoms with Crippen LogP contribution in [-0.4, -0.2) is 80.8 Å². The van der Waals surface area contributed by atoms with Crippen LogP contribution in [0.5, 0.6) is 5.75 Å². The van der Waals surface area contributed by atoms with Gasteiger partial charge < -0.3 is 25.7 Å². The molecule has 5 N–H and O–H groups in total. The third kappa shape index (κ3) is 9.63. The Morgan fingerprint density at radius 1 is 1.00 bits per heavy atom. The highest BCUT2D eigenvalue weighted by molar-refractivity contribution is 7.92. The molecule has 1 saturated heterocycles. The van der Waals surface area contributed by atoms with Crippen LogP contribution in [0, 0.1) is 17.6 Å². The van der Waals surface area contributed by atoms with Gasteiger partial charge >= 0.3 is 6.03 Å². The van der Waals surface area contributed by atoms with E-state index in [4.69, 9.17) is 0 Å². The number of halogens is 2. The largest absolute Gasteiger partial charge is 0.506 e. The number of aromatic hydroxyl groups is 1. The molecule has 3 aromatic carbocycles. The van der Waals surface area contributed by atoms with Gasteiger partial charge in [-0.2, -0.15) is 4.31 Å². The lowest BCUT2D eigenvalue weighted by Crippen LogP contribution is -2.41. The number of phenolic OH excluding ortho intramolecular Hbond substituents is 1. The zero-order chi connectivity index (χ0) is 35.2. The second-order valence-corrected chi connectivity index (χ2v) is 15.7. The second-order valence-electron chi connectivity index (χ2n) is 12.0. The van der Waals surface area contributed by atoms with Crippen molar-refractivity contribution in [3.8, 4) is 5.75 Å². The first kappa shape index (κ1) is 37.0. The summed E-state index contributed by atoms with van der Waals surface area (Å²) in [6.07, 6.45) is 1.16. The molecule has 1 aliphatic heterocycles. The van der Waals surface area contributed by atoms with Crippen molar-refractivity contribution in [3.05, 3.63) is 83.4 Å². The van der Waals surface area contributed by atoms with Gasteiger partial charge in [0, 0.05) is 36.9 Å². The quantitative estimate of drug-likeness (QED) is 0.165. The number of carbonyl (C=O) groups is 1. The van der Waals surface area contributed by atoms with E-state index in [9.17, 15) is 40.6 Å². The summed E-state index contributed by atoms with van der Waals surface area (Å²) in [5.41, 5.74) is 0.469. The predicted molar refractivity (Wildman–Crippen MR) is 178 cm³/mol. The number of nitrogens with one attached hydrogen (secondary N) is 3. The minimum atomic E-state index is -3.80. The molecule has 16 heteroatoms. The molecule has 4 rings (SSSR count). The van der Waals surface area contributed by atoms with Gasteiger partial charge in [-0.15, -0.1) is 0 Å². The van der Waals surface area contributed by atoms with Gasteiger partial charge in [-0.3, -0.25) is 4.72 Å². The number of phenols is 1. The van der Waals surface area contributed by atoms with Gasteiger partial charge in [0.25, 0.3) is 0 Å². The molecule has 1 unspecified atom stereocenters. The Labute approximate surface area is 279 Å². The monoisotopic (exact) mass is 709 g/mol. The van der Waals surface area contributed by atoms with Crippen LogP contribution in [0.2, 0.25) is 0 Å². The Morgan fingerprint density at radius 2 is 1.62 bits per heavy atom. The van der Waals surface area contributed by atoms with Crippen LogP contribution in [0.25, 0.3) is 0 Å². The smallest absolute Gasteiger partial charge is 0.322 e. The zero-order valence-electron chi connectivity index (χ0n) is 26.9. The molecular weight excluding hydrogens is 669 g/mol. The molecule has 1 atom stereocenters. The first-order chi connectivity index (χ1) is 22.5. The van der Waals surface area contributed by atoms with Crippen LogP contribution in [-0.2, 0) is 26.6 Å². The summed E-state index contributed by atoms with van der Waals surface area (Å²) in [7, 11) is -7.42. The van der Waals surface area contributed by atoms with Crippen LogP contribution in [0.4, 0.5) is 25.0 Å². The van der Waals surface area contributed by atoms with E-state index in [1.807, 2.05) is 0 Å². The molecule has 48 heavy (non-hydrogen) atoms. The standard InChI is InChI=1S/C32H41F2N5O7S2/c1-21(2)39(20-26-27(33)5-4-6-28(26)34)32(42)36-24-8-10-25(11-9-24)48(45,46)38-15-13-22(14-16-38)18-35-19-31(41)23-7-12-30(40)29(17-23)37-47(3,43)44/h4-12,17,21-22,31,35,37,40-41H,13-16,18-20H2,1-3H3,(H,36,42). The molecule has 1 fully saturated rings. The summed E-state index contributed by atoms with van der Waals surface area (Å²) in [6.45, 7) is 4.43. The summed E-state index contributed by atoms with van der Waals surface area (Å²) in [6, 6.07) is 12.4. The molecule has 1 heterocycles. The molecule has 0 aliphatic carbocycles. The Kier molecular flexibility index (Phi) is 12.0. The summed E-state index contributed by atoms with van der Waals surface area (Å²) in [4.78, 5) is 14.3. The van der Waals surface area contributed by atoms with Crippen molar-refractivity contribution < 1.29 is 40.6 Å². The third-order valence-corrected chi connectivity index (χ3v) is 10.6. The van der Waals surface area contributed by atoms with Crippen LogP contribution in [0.3, 0.4) is 0 Å². The number of amides is 2. The van der Waals surface area contributed by atoms with E-state index in [1.54, 1.807) is 13.8 Å². The summed E-state index contributed by atoms with van der Waals surface area (Å²) < 4.78 is 81.8. The maximum absolute atomic E-state index is 14.2. The second kappa shape index (κ2) is 15.6. The van der Waals surface area contributed by atoms with Gasteiger partial charge in [-0.25, -0.2) is 30.4 Å². The Hall–Kier alpha value is -3.83. The molecule has 2 amide bonds. The van der Waals surface area contributed by atoms with E-state index >= 15 is 0 Å². The average molecular weight is 710 g/mol. The predicted octanol–water partition coefficient (Wildman–Crippen LogP) is 4.21. The minimum Gasteiger partial charge on any atom is -0.506 e. The number of benzene rings is 3. The molecule has 3 aromatic rings. The maximum atomic E-state index is 14.2. The molecule has 0 spiro atoms. The van der Waals surface area contributed by atoms with E-state index in [-0.39, 0.29) is 46.9 Å². The van der Waals surface area contributed by atoms with Crippen molar-refractivity contribution in [2.75, 3.05) is 42.5 Å². The van der Waals surface area contributed by atoms with Gasteiger partial charge in [-0.05, 0) is 93.2 Å². The fraction of sp³-hybridized carbons (Fsp3) is 0.406. The van der Waals surface area contributed by atoms with E-state index in [0.717, 1.165) is 18.4 Å². The minimum absolute atomic E-state index is 0.0331. The lowest BCUT2D eigenvalue weighted by molar-refractivity contribution is 0.169. The van der Waals surface area contributed by atoms with Gasteiger partial charge in [0.2, 0.25) is 20.0 Å². The van der Waals surface area contributed by atoms with Crippen LogP contribution < -0.4 is 15.4 Å². The molecule has 0 bridgehead atoms. The van der Waals surface area contributed by atoms with Gasteiger partial charge in [0.1, 0.15) is 17.4 Å². The number of anilines is 2. The number of aliphatic hydroxyl groups excluding tert-OH is 1. The number of urea groups is 1. The molecule has 0 radical (unpaired) electrons. The number of sulfonamides is 2. The maximum Gasteiger partial charge on any atom is 0.322 e. The van der Waals surface area contributed by atoms with Gasteiger partial charge in [0.15, 0.2) is 0 Å². The van der Waals surface area contributed by atoms with Crippen LogP contribution in [0.15, 0.2) is 65.6 Å². The van der Waals surface area contributed by atoms with Crippen molar-refractivity contribution in [1.29, 1.82) is 0 Å². The van der Waals surface area contributed by atoms with Crippen LogP contribution in [0.1, 0.15) is 43.9 Å². The number of rotatable bonds is 13. The molecule has 1 aliphatic rings. The molecule has 12 nitrogen and oxygen atoms in total. The Bertz CT molecular complexity index is 1780. The first-order valence-corrected chi connectivity index (χ1v) is 18.7. The fourth-order valence-corrected chi connectivity index (χ4v) is 7.37. The highest BCUT2D eigenvalue weighted by atomic mass is 32.2. The SMILES string of the molecule is CC(C)N(Cc1c(F)cccc1F)C(=O)Nc1ccc(S(=O)(=O)N2CCC(CNCC(O)c3ccc(O)c(NS(C)(=O)=O)c3)CC2)cc1. The van der Waals surface area contributed by atoms with Crippen molar-refractivity contribution in [2.24, 2.45) is 5.92 Å². The average Bonchev–Trinajstić information content (AvgIpc) is 3.01. The molecule has 0 aromatic heterocycles. The first-order valence-electron chi connectivity index (χ1n) is 15.4. The number of aliphatic hydroxyl groups is 1. The van der Waals surface area contributed by atoms with Crippen LogP contribution >= 0.6 is 0 Å². The normalized spacial score (nSPS) is 15.3. The highest BCUT2D eigenvalue weighted by Crippen LogP contribution is 2.28. The zero-order valence-corrected chi connectivity index (χ0v) is 28.5. The topological polar surface area (TPSA) is 168 Å². The summed E-state index contributed by atoms with van der Waals surface area (Å²) in [5, 5.41) is 26.3. The fourth-order valence-electron chi connectivity index (χ4n) is 5.34. The van der Waals surface area contributed by atoms with E-state index < -0.39 is 43.8 Å². The van der Waals surface area contributed by atoms with E-state index in [2.05, 4.69) is 15.4 Å². The van der Waals surface area contributed by atoms with Crippen molar-refractivity contribution >= 4 is 37.5 Å². The Balaban J connectivity index is 1.27. The number of hydrogen-bond donors (Lipinski definition) is 5. The molecule has 262 valence electrons. The lowest BCUT2D eigenvalue weighted by atomic mass is 9.98. The molecule has 0 saturated carbocycles.